The number of nitrogens with two attached hydrogens (primary N) is 1. The van der Waals surface area contributed by atoms with E-state index in [1.54, 1.807) is 11.0 Å². The number of nitrogens with zero attached hydrogens (tertiary/aromatic N) is 3. The predicted octanol–water partition coefficient (Wildman–Crippen LogP) is 2.96. The van der Waals surface area contributed by atoms with E-state index in [0.717, 1.165) is 17.8 Å². The summed E-state index contributed by atoms with van der Waals surface area (Å²) in [5, 5.41) is -0.0774. The molecule has 0 atom stereocenters. The largest absolute Gasteiger partial charge is 0.463 e. The van der Waals surface area contributed by atoms with Gasteiger partial charge in [-0.15, -0.1) is 0 Å². The topological polar surface area (TPSA) is 102 Å². The average Bonchev–Trinajstić information content (AvgIpc) is 3.22. The molecular weight excluding hydrogens is 409 g/mol. The summed E-state index contributed by atoms with van der Waals surface area (Å²) in [5.74, 6) is -0.270. The highest BCUT2D eigenvalue weighted by molar-refractivity contribution is 7.99. The van der Waals surface area contributed by atoms with Gasteiger partial charge in [0, 0.05) is 31.2 Å². The van der Waals surface area contributed by atoms with Crippen LogP contribution >= 0.6 is 11.8 Å². The predicted molar refractivity (Wildman–Crippen MR) is 98.6 cm³/mol. The van der Waals surface area contributed by atoms with Gasteiger partial charge in [0.2, 0.25) is 11.8 Å². The van der Waals surface area contributed by atoms with Crippen molar-refractivity contribution in [1.82, 2.24) is 14.9 Å². The van der Waals surface area contributed by atoms with Crippen LogP contribution in [0.25, 0.3) is 11.5 Å². The third-order valence-corrected chi connectivity index (χ3v) is 5.42. The van der Waals surface area contributed by atoms with Crippen LogP contribution in [0.5, 0.6) is 0 Å². The molecule has 1 aliphatic heterocycles. The van der Waals surface area contributed by atoms with Crippen LogP contribution in [0.4, 0.5) is 13.2 Å². The second-order valence-corrected chi connectivity index (χ2v) is 7.61. The number of rotatable bonds is 6. The lowest BCUT2D eigenvalue weighted by Crippen LogP contribution is -2.41. The van der Waals surface area contributed by atoms with Crippen molar-refractivity contribution >= 4 is 23.6 Å². The van der Waals surface area contributed by atoms with Gasteiger partial charge >= 0.3 is 6.18 Å². The highest BCUT2D eigenvalue weighted by Gasteiger charge is 2.34. The van der Waals surface area contributed by atoms with Crippen molar-refractivity contribution in [3.05, 3.63) is 30.2 Å². The van der Waals surface area contributed by atoms with Crippen LogP contribution in [-0.4, -0.2) is 45.5 Å². The number of hydrogen-bond acceptors (Lipinski definition) is 6. The fraction of sp³-hybridized carbons (Fsp3) is 0.444. The first kappa shape index (κ1) is 21.2. The molecule has 1 aliphatic rings. The minimum Gasteiger partial charge on any atom is -0.463 e. The number of hydrogen-bond donors (Lipinski definition) is 1. The van der Waals surface area contributed by atoms with Crippen LogP contribution in [0, 0.1) is 5.92 Å². The van der Waals surface area contributed by atoms with Crippen molar-refractivity contribution in [3.8, 4) is 11.5 Å². The Morgan fingerprint density at radius 1 is 1.28 bits per heavy atom. The minimum atomic E-state index is -4.62. The first-order chi connectivity index (χ1) is 13.7. The Labute approximate surface area is 168 Å². The number of carbonyl (C=O) groups is 2. The molecule has 2 aromatic heterocycles. The van der Waals surface area contributed by atoms with Crippen molar-refractivity contribution in [3.63, 3.8) is 0 Å². The SMILES string of the molecule is NC(=O)C1CCN(C(=O)CCSc2nc(-c3ccco3)cc(C(F)(F)F)n2)CC1. The van der Waals surface area contributed by atoms with Gasteiger partial charge in [0.05, 0.1) is 6.26 Å². The number of halogens is 3. The molecule has 2 amide bonds. The van der Waals surface area contributed by atoms with Gasteiger partial charge < -0.3 is 15.1 Å². The first-order valence-electron chi connectivity index (χ1n) is 8.94. The summed E-state index contributed by atoms with van der Waals surface area (Å²) in [5.41, 5.74) is 4.24. The van der Waals surface area contributed by atoms with Gasteiger partial charge in [-0.05, 0) is 31.0 Å². The Morgan fingerprint density at radius 2 is 2.00 bits per heavy atom. The second-order valence-electron chi connectivity index (χ2n) is 6.55. The van der Waals surface area contributed by atoms with Gasteiger partial charge in [0.25, 0.3) is 0 Å². The molecule has 11 heteroatoms. The number of furan rings is 1. The van der Waals surface area contributed by atoms with E-state index in [2.05, 4.69) is 9.97 Å². The molecule has 29 heavy (non-hydrogen) atoms. The fourth-order valence-corrected chi connectivity index (χ4v) is 3.77. The van der Waals surface area contributed by atoms with E-state index in [4.69, 9.17) is 10.2 Å². The number of piperidine rings is 1. The Morgan fingerprint density at radius 3 is 2.59 bits per heavy atom. The van der Waals surface area contributed by atoms with Crippen molar-refractivity contribution in [2.45, 2.75) is 30.6 Å². The van der Waals surface area contributed by atoms with Gasteiger partial charge in [-0.1, -0.05) is 11.8 Å². The molecule has 156 valence electrons. The van der Waals surface area contributed by atoms with Gasteiger partial charge in [0.1, 0.15) is 11.4 Å². The summed E-state index contributed by atoms with van der Waals surface area (Å²) < 4.78 is 44.6. The zero-order chi connectivity index (χ0) is 21.0. The molecule has 2 aromatic rings. The van der Waals surface area contributed by atoms with Crippen molar-refractivity contribution in [2.75, 3.05) is 18.8 Å². The molecule has 3 rings (SSSR count). The number of thioether (sulfide) groups is 1. The number of carbonyl (C=O) groups excluding carboxylic acids is 2. The van der Waals surface area contributed by atoms with Crippen LogP contribution in [0.3, 0.4) is 0 Å². The highest BCUT2D eigenvalue weighted by Crippen LogP contribution is 2.32. The van der Waals surface area contributed by atoms with E-state index < -0.39 is 11.9 Å². The third kappa shape index (κ3) is 5.49. The molecule has 3 heterocycles. The summed E-state index contributed by atoms with van der Waals surface area (Å²) in [6.45, 7) is 0.889. The van der Waals surface area contributed by atoms with E-state index in [0.29, 0.717) is 25.9 Å². The quantitative estimate of drug-likeness (QED) is 0.561. The number of aromatic nitrogens is 2. The summed E-state index contributed by atoms with van der Waals surface area (Å²) in [6.07, 6.45) is -2.10. The number of alkyl halides is 3. The van der Waals surface area contributed by atoms with E-state index in [1.165, 1.54) is 12.3 Å². The molecule has 1 saturated heterocycles. The molecule has 0 spiro atoms. The summed E-state index contributed by atoms with van der Waals surface area (Å²) in [7, 11) is 0. The smallest absolute Gasteiger partial charge is 0.433 e. The van der Waals surface area contributed by atoms with Crippen LogP contribution in [0.2, 0.25) is 0 Å². The zero-order valence-electron chi connectivity index (χ0n) is 15.3. The van der Waals surface area contributed by atoms with Gasteiger partial charge in [-0.3, -0.25) is 9.59 Å². The molecule has 7 nitrogen and oxygen atoms in total. The first-order valence-corrected chi connectivity index (χ1v) is 9.92. The molecule has 0 saturated carbocycles. The van der Waals surface area contributed by atoms with Crippen molar-refractivity contribution in [1.29, 1.82) is 0 Å². The van der Waals surface area contributed by atoms with Gasteiger partial charge in [-0.2, -0.15) is 13.2 Å². The molecule has 2 N–H and O–H groups in total. The molecule has 0 aliphatic carbocycles. The third-order valence-electron chi connectivity index (χ3n) is 4.57. The Balaban J connectivity index is 1.61. The van der Waals surface area contributed by atoms with E-state index in [1.807, 2.05) is 0 Å². The van der Waals surface area contributed by atoms with E-state index >= 15 is 0 Å². The lowest BCUT2D eigenvalue weighted by atomic mass is 9.96. The maximum Gasteiger partial charge on any atom is 0.433 e. The van der Waals surface area contributed by atoms with Crippen LogP contribution in [0.1, 0.15) is 25.0 Å². The highest BCUT2D eigenvalue weighted by atomic mass is 32.2. The van der Waals surface area contributed by atoms with Crippen molar-refractivity contribution in [2.24, 2.45) is 11.7 Å². The molecule has 1 fully saturated rings. The Hall–Kier alpha value is -2.56. The van der Waals surface area contributed by atoms with Gasteiger partial charge in [-0.25, -0.2) is 9.97 Å². The fourth-order valence-electron chi connectivity index (χ4n) is 2.99. The minimum absolute atomic E-state index is 0.0275. The lowest BCUT2D eigenvalue weighted by Gasteiger charge is -2.30. The summed E-state index contributed by atoms with van der Waals surface area (Å²) in [6, 6.07) is 3.89. The Kier molecular flexibility index (Phi) is 6.46. The normalized spacial score (nSPS) is 15.5. The molecular formula is C18H19F3N4O3S. The second kappa shape index (κ2) is 8.85. The Bertz CT molecular complexity index is 866. The lowest BCUT2D eigenvalue weighted by molar-refractivity contribution is -0.141. The summed E-state index contributed by atoms with van der Waals surface area (Å²) in [4.78, 5) is 32.8. The standard InChI is InChI=1S/C18H19F3N4O3S/c19-18(20,21)14-10-12(13-2-1-8-28-13)23-17(24-14)29-9-5-15(26)25-6-3-11(4-7-25)16(22)27/h1-2,8,10-11H,3-7,9H2,(H2,22,27). The average molecular weight is 428 g/mol. The monoisotopic (exact) mass is 428 g/mol. The van der Waals surface area contributed by atoms with Gasteiger partial charge in [0.15, 0.2) is 10.9 Å². The number of amides is 2. The maximum absolute atomic E-state index is 13.1. The van der Waals surface area contributed by atoms with Crippen molar-refractivity contribution < 1.29 is 27.2 Å². The zero-order valence-corrected chi connectivity index (χ0v) is 16.1. The van der Waals surface area contributed by atoms with Crippen LogP contribution in [0.15, 0.2) is 34.0 Å². The molecule has 0 aromatic carbocycles. The van der Waals surface area contributed by atoms with E-state index in [-0.39, 0.29) is 46.5 Å². The molecule has 0 bridgehead atoms. The molecule has 0 unspecified atom stereocenters. The maximum atomic E-state index is 13.1. The molecule has 0 radical (unpaired) electrons. The van der Waals surface area contributed by atoms with Crippen LogP contribution in [-0.2, 0) is 15.8 Å². The van der Waals surface area contributed by atoms with E-state index in [9.17, 15) is 22.8 Å². The summed E-state index contributed by atoms with van der Waals surface area (Å²) >= 11 is 0.974. The van der Waals surface area contributed by atoms with Crippen LogP contribution < -0.4 is 5.73 Å². The number of likely N-dealkylation sites (tertiary alicyclic amines) is 1. The number of primary amides is 1.